The molecule has 0 atom stereocenters. The van der Waals surface area contributed by atoms with Gasteiger partial charge >= 0.3 is 0 Å². The summed E-state index contributed by atoms with van der Waals surface area (Å²) in [7, 11) is -3.45. The fraction of sp³-hybridized carbons (Fsp3) is 0.538. The monoisotopic (exact) mass is 286 g/mol. The quantitative estimate of drug-likeness (QED) is 0.830. The summed E-state index contributed by atoms with van der Waals surface area (Å²) < 4.78 is 31.8. The first-order valence-electron chi connectivity index (χ1n) is 6.14. The molecule has 108 valence electrons. The summed E-state index contributed by atoms with van der Waals surface area (Å²) in [6, 6.07) is 6.15. The predicted octanol–water partition coefficient (Wildman–Crippen LogP) is 1.49. The van der Waals surface area contributed by atoms with E-state index in [-0.39, 0.29) is 10.9 Å². The first-order chi connectivity index (χ1) is 8.60. The second-order valence-electron chi connectivity index (χ2n) is 5.52. The lowest BCUT2D eigenvalue weighted by atomic mass is 10.1. The first kappa shape index (κ1) is 15.9. The molecule has 0 saturated carbocycles. The van der Waals surface area contributed by atoms with Crippen LogP contribution in [0.15, 0.2) is 29.2 Å². The lowest BCUT2D eigenvalue weighted by Gasteiger charge is -2.19. The van der Waals surface area contributed by atoms with E-state index in [4.69, 9.17) is 10.5 Å². The molecule has 19 heavy (non-hydrogen) atoms. The summed E-state index contributed by atoms with van der Waals surface area (Å²) in [6.45, 7) is 7.64. The minimum atomic E-state index is -3.45. The number of hydrogen-bond donors (Lipinski definition) is 2. The summed E-state index contributed by atoms with van der Waals surface area (Å²) in [4.78, 5) is 0.223. The second-order valence-corrected chi connectivity index (χ2v) is 7.24. The van der Waals surface area contributed by atoms with Crippen molar-refractivity contribution in [2.45, 2.75) is 44.2 Å². The molecule has 0 unspecified atom stereocenters. The van der Waals surface area contributed by atoms with Gasteiger partial charge in [0.05, 0.1) is 4.90 Å². The number of rotatable bonds is 6. The third-order valence-corrected chi connectivity index (χ3v) is 3.81. The molecule has 0 spiro atoms. The number of sulfonamides is 1. The Kier molecular flexibility index (Phi) is 4.95. The van der Waals surface area contributed by atoms with Crippen molar-refractivity contribution in [1.29, 1.82) is 0 Å². The molecule has 0 heterocycles. The van der Waals surface area contributed by atoms with Gasteiger partial charge in [0.2, 0.25) is 10.0 Å². The maximum absolute atomic E-state index is 11.9. The van der Waals surface area contributed by atoms with Gasteiger partial charge in [-0.15, -0.1) is 0 Å². The molecule has 1 aromatic carbocycles. The standard InChI is InChI=1S/C13H22N2O3S/c1-10(2)15-19(16,17)12-7-5-11(6-8-12)18-9-13(3,4)14/h5-8,10,15H,9,14H2,1-4H3. The highest BCUT2D eigenvalue weighted by Gasteiger charge is 2.16. The fourth-order valence-corrected chi connectivity index (χ4v) is 2.61. The van der Waals surface area contributed by atoms with Crippen molar-refractivity contribution >= 4 is 10.0 Å². The van der Waals surface area contributed by atoms with Gasteiger partial charge in [-0.2, -0.15) is 0 Å². The molecule has 1 rings (SSSR count). The molecule has 3 N–H and O–H groups in total. The van der Waals surface area contributed by atoms with Gasteiger partial charge < -0.3 is 10.5 Å². The van der Waals surface area contributed by atoms with Crippen molar-refractivity contribution in [2.24, 2.45) is 5.73 Å². The molecular weight excluding hydrogens is 264 g/mol. The molecule has 6 heteroatoms. The Hall–Kier alpha value is -1.11. The van der Waals surface area contributed by atoms with Crippen molar-refractivity contribution in [1.82, 2.24) is 4.72 Å². The van der Waals surface area contributed by atoms with Gasteiger partial charge in [0.1, 0.15) is 12.4 Å². The van der Waals surface area contributed by atoms with E-state index in [2.05, 4.69) is 4.72 Å². The van der Waals surface area contributed by atoms with Gasteiger partial charge in [0.15, 0.2) is 0 Å². The van der Waals surface area contributed by atoms with Gasteiger partial charge in [-0.05, 0) is 52.0 Å². The Labute approximate surface area is 115 Å². The Morgan fingerprint density at radius 3 is 2.21 bits per heavy atom. The summed E-state index contributed by atoms with van der Waals surface area (Å²) in [5, 5.41) is 0. The maximum atomic E-state index is 11.9. The summed E-state index contributed by atoms with van der Waals surface area (Å²) >= 11 is 0. The summed E-state index contributed by atoms with van der Waals surface area (Å²) in [5.41, 5.74) is 5.38. The van der Waals surface area contributed by atoms with Crippen LogP contribution >= 0.6 is 0 Å². The van der Waals surface area contributed by atoms with Crippen LogP contribution in [-0.2, 0) is 10.0 Å². The minimum Gasteiger partial charge on any atom is -0.492 e. The zero-order chi connectivity index (χ0) is 14.7. The maximum Gasteiger partial charge on any atom is 0.240 e. The van der Waals surface area contributed by atoms with Crippen LogP contribution in [0.5, 0.6) is 5.75 Å². The third-order valence-electron chi connectivity index (χ3n) is 2.14. The predicted molar refractivity (Wildman–Crippen MR) is 75.7 cm³/mol. The average molecular weight is 286 g/mol. The van der Waals surface area contributed by atoms with Crippen molar-refractivity contribution in [3.05, 3.63) is 24.3 Å². The number of nitrogens with one attached hydrogen (secondary N) is 1. The van der Waals surface area contributed by atoms with Gasteiger partial charge in [0, 0.05) is 11.6 Å². The van der Waals surface area contributed by atoms with Crippen LogP contribution in [-0.4, -0.2) is 26.6 Å². The molecule has 0 bridgehead atoms. The molecule has 0 aliphatic heterocycles. The van der Waals surface area contributed by atoms with Crippen molar-refractivity contribution in [3.8, 4) is 5.75 Å². The van der Waals surface area contributed by atoms with Gasteiger partial charge in [-0.25, -0.2) is 13.1 Å². The summed E-state index contributed by atoms with van der Waals surface area (Å²) in [5.74, 6) is 0.599. The molecule has 0 amide bonds. The molecule has 0 aliphatic carbocycles. The number of hydrogen-bond acceptors (Lipinski definition) is 4. The molecule has 5 nitrogen and oxygen atoms in total. The zero-order valence-corrected chi connectivity index (χ0v) is 12.6. The number of nitrogens with two attached hydrogens (primary N) is 1. The molecule has 0 fully saturated rings. The first-order valence-corrected chi connectivity index (χ1v) is 7.62. The lowest BCUT2D eigenvalue weighted by Crippen LogP contribution is -2.38. The van der Waals surface area contributed by atoms with Crippen LogP contribution in [0, 0.1) is 0 Å². The van der Waals surface area contributed by atoms with E-state index in [9.17, 15) is 8.42 Å². The third kappa shape index (κ3) is 5.59. The molecular formula is C13H22N2O3S. The largest absolute Gasteiger partial charge is 0.492 e. The SMILES string of the molecule is CC(C)NS(=O)(=O)c1ccc(OCC(C)(C)N)cc1. The van der Waals surface area contributed by atoms with E-state index in [1.54, 1.807) is 26.0 Å². The number of ether oxygens (including phenoxy) is 1. The minimum absolute atomic E-state index is 0.140. The lowest BCUT2D eigenvalue weighted by molar-refractivity contribution is 0.243. The van der Waals surface area contributed by atoms with Crippen LogP contribution in [0.3, 0.4) is 0 Å². The smallest absolute Gasteiger partial charge is 0.240 e. The van der Waals surface area contributed by atoms with E-state index < -0.39 is 15.6 Å². The molecule has 0 radical (unpaired) electrons. The Balaban J connectivity index is 2.77. The Bertz CT molecular complexity index is 502. The van der Waals surface area contributed by atoms with E-state index in [1.807, 2.05) is 13.8 Å². The van der Waals surface area contributed by atoms with E-state index in [1.165, 1.54) is 12.1 Å². The molecule has 0 saturated heterocycles. The highest BCUT2D eigenvalue weighted by Crippen LogP contribution is 2.17. The normalized spacial score (nSPS) is 12.7. The van der Waals surface area contributed by atoms with Crippen molar-refractivity contribution in [3.63, 3.8) is 0 Å². The van der Waals surface area contributed by atoms with Gasteiger partial charge in [-0.3, -0.25) is 0 Å². The van der Waals surface area contributed by atoms with Crippen LogP contribution in [0.4, 0.5) is 0 Å². The van der Waals surface area contributed by atoms with E-state index >= 15 is 0 Å². The highest BCUT2D eigenvalue weighted by molar-refractivity contribution is 7.89. The molecule has 0 aliphatic rings. The Morgan fingerprint density at radius 2 is 1.79 bits per heavy atom. The molecule has 1 aromatic rings. The average Bonchev–Trinajstić information content (AvgIpc) is 2.24. The molecule has 0 aromatic heterocycles. The van der Waals surface area contributed by atoms with Crippen molar-refractivity contribution in [2.75, 3.05) is 6.61 Å². The van der Waals surface area contributed by atoms with Crippen LogP contribution in [0.2, 0.25) is 0 Å². The van der Waals surface area contributed by atoms with Crippen LogP contribution in [0.1, 0.15) is 27.7 Å². The highest BCUT2D eigenvalue weighted by atomic mass is 32.2. The zero-order valence-electron chi connectivity index (χ0n) is 11.8. The van der Waals surface area contributed by atoms with Gasteiger partial charge in [-0.1, -0.05) is 0 Å². The van der Waals surface area contributed by atoms with Crippen LogP contribution < -0.4 is 15.2 Å². The number of benzene rings is 1. The van der Waals surface area contributed by atoms with E-state index in [0.717, 1.165) is 0 Å². The van der Waals surface area contributed by atoms with E-state index in [0.29, 0.717) is 12.4 Å². The van der Waals surface area contributed by atoms with Gasteiger partial charge in [0.25, 0.3) is 0 Å². The van der Waals surface area contributed by atoms with Crippen LogP contribution in [0.25, 0.3) is 0 Å². The van der Waals surface area contributed by atoms with Crippen molar-refractivity contribution < 1.29 is 13.2 Å². The fourth-order valence-electron chi connectivity index (χ4n) is 1.36. The summed E-state index contributed by atoms with van der Waals surface area (Å²) in [6.07, 6.45) is 0. The Morgan fingerprint density at radius 1 is 1.26 bits per heavy atom. The second kappa shape index (κ2) is 5.90. The topological polar surface area (TPSA) is 81.4 Å².